The zero-order chi connectivity index (χ0) is 12.3. The average molecular weight is 233 g/mol. The van der Waals surface area contributed by atoms with Gasteiger partial charge in [-0.2, -0.15) is 0 Å². The van der Waals surface area contributed by atoms with Gasteiger partial charge in [-0.1, -0.05) is 31.6 Å². The molecule has 1 aromatic heterocycles. The Morgan fingerprint density at radius 1 is 1.41 bits per heavy atom. The highest BCUT2D eigenvalue weighted by Gasteiger charge is 2.01. The van der Waals surface area contributed by atoms with E-state index in [1.165, 1.54) is 0 Å². The van der Waals surface area contributed by atoms with Crippen molar-refractivity contribution in [1.29, 1.82) is 0 Å². The minimum Gasteiger partial charge on any atom is -0.461 e. The van der Waals surface area contributed by atoms with Gasteiger partial charge in [0, 0.05) is 24.4 Å². The summed E-state index contributed by atoms with van der Waals surface area (Å²) in [6.07, 6.45) is 11.0. The molecule has 0 spiro atoms. The molecule has 1 rings (SSSR count). The molecular weight excluding hydrogens is 214 g/mol. The second kappa shape index (κ2) is 8.50. The SMILES string of the molecule is CCC/C=C\CCC(=O)OCc1cccnc1. The molecule has 17 heavy (non-hydrogen) atoms. The maximum atomic E-state index is 11.4. The van der Waals surface area contributed by atoms with E-state index in [2.05, 4.69) is 18.0 Å². The van der Waals surface area contributed by atoms with Gasteiger partial charge in [0.15, 0.2) is 0 Å². The van der Waals surface area contributed by atoms with Crippen molar-refractivity contribution in [2.45, 2.75) is 39.2 Å². The normalized spacial score (nSPS) is 10.6. The third kappa shape index (κ3) is 6.51. The van der Waals surface area contributed by atoms with E-state index < -0.39 is 0 Å². The molecule has 0 aromatic carbocycles. The van der Waals surface area contributed by atoms with Crippen LogP contribution >= 0.6 is 0 Å². The smallest absolute Gasteiger partial charge is 0.306 e. The first kappa shape index (κ1) is 13.4. The summed E-state index contributed by atoms with van der Waals surface area (Å²) in [4.78, 5) is 15.3. The van der Waals surface area contributed by atoms with Crippen LogP contribution in [0, 0.1) is 0 Å². The molecule has 0 bridgehead atoms. The molecular formula is C14H19NO2. The Bertz CT molecular complexity index is 346. The zero-order valence-electron chi connectivity index (χ0n) is 10.3. The Hall–Kier alpha value is -1.64. The van der Waals surface area contributed by atoms with E-state index in [9.17, 15) is 4.79 Å². The summed E-state index contributed by atoms with van der Waals surface area (Å²) in [6, 6.07) is 3.72. The average Bonchev–Trinajstić information content (AvgIpc) is 2.37. The number of ether oxygens (including phenoxy) is 1. The lowest BCUT2D eigenvalue weighted by atomic mass is 10.2. The third-order valence-corrected chi connectivity index (χ3v) is 2.26. The van der Waals surface area contributed by atoms with E-state index in [4.69, 9.17) is 4.74 Å². The van der Waals surface area contributed by atoms with Crippen molar-refractivity contribution >= 4 is 5.97 Å². The number of carbonyl (C=O) groups excluding carboxylic acids is 1. The molecule has 0 saturated carbocycles. The molecule has 0 fully saturated rings. The van der Waals surface area contributed by atoms with Gasteiger partial charge >= 0.3 is 5.97 Å². The summed E-state index contributed by atoms with van der Waals surface area (Å²) in [5.74, 6) is -0.157. The van der Waals surface area contributed by atoms with Crippen molar-refractivity contribution in [1.82, 2.24) is 4.98 Å². The molecule has 0 atom stereocenters. The second-order valence-electron chi connectivity index (χ2n) is 3.82. The van der Waals surface area contributed by atoms with Gasteiger partial charge in [0.05, 0.1) is 0 Å². The predicted molar refractivity (Wildman–Crippen MR) is 67.3 cm³/mol. The summed E-state index contributed by atoms with van der Waals surface area (Å²) in [5.41, 5.74) is 0.919. The van der Waals surface area contributed by atoms with Crippen molar-refractivity contribution in [3.8, 4) is 0 Å². The van der Waals surface area contributed by atoms with Gasteiger partial charge < -0.3 is 4.74 Å². The van der Waals surface area contributed by atoms with Crippen LogP contribution in [0.4, 0.5) is 0 Å². The summed E-state index contributed by atoms with van der Waals surface area (Å²) in [6.45, 7) is 2.44. The minimum atomic E-state index is -0.157. The van der Waals surface area contributed by atoms with Crippen LogP contribution in [0.2, 0.25) is 0 Å². The second-order valence-corrected chi connectivity index (χ2v) is 3.82. The molecule has 92 valence electrons. The molecule has 0 unspecified atom stereocenters. The highest BCUT2D eigenvalue weighted by atomic mass is 16.5. The number of hydrogen-bond donors (Lipinski definition) is 0. The van der Waals surface area contributed by atoms with Crippen LogP contribution in [0.1, 0.15) is 38.2 Å². The number of carbonyl (C=O) groups is 1. The molecule has 3 heteroatoms. The highest BCUT2D eigenvalue weighted by molar-refractivity contribution is 5.69. The van der Waals surface area contributed by atoms with Crippen molar-refractivity contribution in [3.63, 3.8) is 0 Å². The Balaban J connectivity index is 2.13. The Morgan fingerprint density at radius 3 is 2.94 bits per heavy atom. The van der Waals surface area contributed by atoms with Crippen molar-refractivity contribution < 1.29 is 9.53 Å². The fourth-order valence-electron chi connectivity index (χ4n) is 1.32. The van der Waals surface area contributed by atoms with Crippen LogP contribution in [0.5, 0.6) is 0 Å². The van der Waals surface area contributed by atoms with E-state index in [0.29, 0.717) is 13.0 Å². The van der Waals surface area contributed by atoms with Crippen LogP contribution in [-0.2, 0) is 16.1 Å². The molecule has 0 aliphatic heterocycles. The summed E-state index contributed by atoms with van der Waals surface area (Å²) < 4.78 is 5.12. The molecule has 1 heterocycles. The number of nitrogens with zero attached hydrogens (tertiary/aromatic N) is 1. The summed E-state index contributed by atoms with van der Waals surface area (Å²) in [5, 5.41) is 0. The van der Waals surface area contributed by atoms with Crippen molar-refractivity contribution in [3.05, 3.63) is 42.2 Å². The van der Waals surface area contributed by atoms with E-state index in [-0.39, 0.29) is 5.97 Å². The topological polar surface area (TPSA) is 39.2 Å². The van der Waals surface area contributed by atoms with Crippen molar-refractivity contribution in [2.24, 2.45) is 0 Å². The maximum absolute atomic E-state index is 11.4. The first-order chi connectivity index (χ1) is 8.33. The fraction of sp³-hybridized carbons (Fsp3) is 0.429. The number of unbranched alkanes of at least 4 members (excludes halogenated alkanes) is 1. The first-order valence-electron chi connectivity index (χ1n) is 6.02. The van der Waals surface area contributed by atoms with Crippen LogP contribution in [0.25, 0.3) is 0 Å². The molecule has 0 saturated heterocycles. The molecule has 0 amide bonds. The number of pyridine rings is 1. The van der Waals surface area contributed by atoms with Crippen LogP contribution < -0.4 is 0 Å². The molecule has 0 N–H and O–H groups in total. The van der Waals surface area contributed by atoms with E-state index in [1.54, 1.807) is 12.4 Å². The quantitative estimate of drug-likeness (QED) is 0.536. The Kier molecular flexibility index (Phi) is 6.72. The third-order valence-electron chi connectivity index (χ3n) is 2.26. The molecule has 3 nitrogen and oxygen atoms in total. The van der Waals surface area contributed by atoms with Crippen molar-refractivity contribution in [2.75, 3.05) is 0 Å². The maximum Gasteiger partial charge on any atom is 0.306 e. The van der Waals surface area contributed by atoms with Gasteiger partial charge in [-0.05, 0) is 18.9 Å². The number of esters is 1. The highest BCUT2D eigenvalue weighted by Crippen LogP contribution is 2.02. The van der Waals surface area contributed by atoms with Gasteiger partial charge in [-0.3, -0.25) is 9.78 Å². The molecule has 0 aliphatic rings. The molecule has 0 aliphatic carbocycles. The Morgan fingerprint density at radius 2 is 2.24 bits per heavy atom. The lowest BCUT2D eigenvalue weighted by molar-refractivity contribution is -0.144. The fourth-order valence-corrected chi connectivity index (χ4v) is 1.32. The predicted octanol–water partition coefficient (Wildman–Crippen LogP) is 3.26. The van der Waals surface area contributed by atoms with E-state index >= 15 is 0 Å². The monoisotopic (exact) mass is 233 g/mol. The summed E-state index contributed by atoms with van der Waals surface area (Å²) in [7, 11) is 0. The first-order valence-corrected chi connectivity index (χ1v) is 6.02. The van der Waals surface area contributed by atoms with Gasteiger partial charge in [0.1, 0.15) is 6.61 Å². The van der Waals surface area contributed by atoms with E-state index in [1.807, 2.05) is 18.2 Å². The number of allylic oxidation sites excluding steroid dienone is 2. The van der Waals surface area contributed by atoms with Gasteiger partial charge in [-0.15, -0.1) is 0 Å². The Labute approximate surface area is 103 Å². The van der Waals surface area contributed by atoms with Gasteiger partial charge in [-0.25, -0.2) is 0 Å². The molecule has 0 radical (unpaired) electrons. The number of aromatic nitrogens is 1. The standard InChI is InChI=1S/C14H19NO2/c1-2-3-4-5-6-9-14(16)17-12-13-8-7-10-15-11-13/h4-5,7-8,10-11H,2-3,6,9,12H2,1H3/b5-4-. The lowest BCUT2D eigenvalue weighted by Gasteiger charge is -2.03. The number of rotatable bonds is 7. The summed E-state index contributed by atoms with van der Waals surface area (Å²) >= 11 is 0. The number of hydrogen-bond acceptors (Lipinski definition) is 3. The van der Waals surface area contributed by atoms with Gasteiger partial charge in [0.25, 0.3) is 0 Å². The lowest BCUT2D eigenvalue weighted by Crippen LogP contribution is -2.03. The van der Waals surface area contributed by atoms with Crippen LogP contribution in [0.15, 0.2) is 36.7 Å². The van der Waals surface area contributed by atoms with E-state index in [0.717, 1.165) is 24.8 Å². The van der Waals surface area contributed by atoms with Crippen LogP contribution in [0.3, 0.4) is 0 Å². The minimum absolute atomic E-state index is 0.157. The van der Waals surface area contributed by atoms with Gasteiger partial charge in [0.2, 0.25) is 0 Å². The zero-order valence-corrected chi connectivity index (χ0v) is 10.3. The van der Waals surface area contributed by atoms with Crippen LogP contribution in [-0.4, -0.2) is 11.0 Å². The largest absolute Gasteiger partial charge is 0.461 e. The molecule has 1 aromatic rings.